The molecule has 0 aliphatic rings. The van der Waals surface area contributed by atoms with E-state index in [1.54, 1.807) is 13.0 Å². The molecule has 0 aliphatic heterocycles. The van der Waals surface area contributed by atoms with Gasteiger partial charge >= 0.3 is 0 Å². The second-order valence-electron chi connectivity index (χ2n) is 4.51. The van der Waals surface area contributed by atoms with E-state index in [4.69, 9.17) is 0 Å². The van der Waals surface area contributed by atoms with Crippen LogP contribution in [0.15, 0.2) is 9.98 Å². The molecule has 0 N–H and O–H groups in total. The number of hydrogen-bond donors (Lipinski definition) is 0. The number of nitrogens with zero attached hydrogens (tertiary/aromatic N) is 2. The van der Waals surface area contributed by atoms with Crippen LogP contribution >= 0.6 is 0 Å². The maximum atomic E-state index is 10.6. The fourth-order valence-electron chi connectivity index (χ4n) is 2.00. The van der Waals surface area contributed by atoms with Crippen molar-refractivity contribution in [2.24, 2.45) is 15.4 Å². The molecule has 2 unspecified atom stereocenters. The molecule has 0 spiro atoms. The van der Waals surface area contributed by atoms with Crippen LogP contribution in [0.2, 0.25) is 0 Å². The first-order chi connectivity index (χ1) is 7.41. The lowest BCUT2D eigenvalue weighted by Gasteiger charge is -2.43. The normalized spacial score (nSPS) is 16.6. The fourth-order valence-corrected chi connectivity index (χ4v) is 2.00. The van der Waals surface area contributed by atoms with Gasteiger partial charge in [0.2, 0.25) is 12.2 Å². The molecule has 2 atom stereocenters. The zero-order valence-corrected chi connectivity index (χ0v) is 10.7. The van der Waals surface area contributed by atoms with Crippen LogP contribution in [0.4, 0.5) is 0 Å². The van der Waals surface area contributed by atoms with Crippen LogP contribution in [0, 0.1) is 5.41 Å². The van der Waals surface area contributed by atoms with Gasteiger partial charge in [0, 0.05) is 0 Å². The molecule has 0 saturated carbocycles. The molecule has 0 fully saturated rings. The first kappa shape index (κ1) is 14.8. The lowest BCUT2D eigenvalue weighted by atomic mass is 9.65. The molecule has 0 aromatic carbocycles. The zero-order valence-electron chi connectivity index (χ0n) is 10.7. The topological polar surface area (TPSA) is 58.9 Å². The van der Waals surface area contributed by atoms with Crippen molar-refractivity contribution in [2.45, 2.75) is 59.0 Å². The smallest absolute Gasteiger partial charge is 0.211 e. The average Bonchev–Trinajstić information content (AvgIpc) is 2.28. The number of hydrogen-bond acceptors (Lipinski definition) is 4. The molecular weight excluding hydrogens is 204 g/mol. The second-order valence-corrected chi connectivity index (χ2v) is 4.51. The summed E-state index contributed by atoms with van der Waals surface area (Å²) in [7, 11) is 0. The van der Waals surface area contributed by atoms with Gasteiger partial charge in [-0.25, -0.2) is 14.6 Å². The standard InChI is InChI=1S/C12H20N2O2/c1-6-11(4,7-2)12(5,14-9-16)10(3)13-8-15/h10H,6-7H2,1-5H3. The fraction of sp³-hybridized carbons (Fsp3) is 0.833. The molecule has 4 nitrogen and oxygen atoms in total. The number of isocyanates is 2. The van der Waals surface area contributed by atoms with E-state index >= 15 is 0 Å². The lowest BCUT2D eigenvalue weighted by molar-refractivity contribution is 0.125. The van der Waals surface area contributed by atoms with Gasteiger partial charge in [-0.2, -0.15) is 4.99 Å². The Bertz CT molecular complexity index is 324. The molecule has 0 aromatic rings. The molecule has 16 heavy (non-hydrogen) atoms. The summed E-state index contributed by atoms with van der Waals surface area (Å²) >= 11 is 0. The molecule has 0 amide bonds. The Kier molecular flexibility index (Phi) is 5.29. The van der Waals surface area contributed by atoms with Crippen LogP contribution in [0.1, 0.15) is 47.5 Å². The van der Waals surface area contributed by atoms with E-state index in [-0.39, 0.29) is 11.5 Å². The summed E-state index contributed by atoms with van der Waals surface area (Å²) in [5.74, 6) is 0. The van der Waals surface area contributed by atoms with Crippen molar-refractivity contribution in [2.75, 3.05) is 0 Å². The molecule has 0 saturated heterocycles. The summed E-state index contributed by atoms with van der Waals surface area (Å²) in [4.78, 5) is 28.5. The highest BCUT2D eigenvalue weighted by Gasteiger charge is 2.46. The van der Waals surface area contributed by atoms with Crippen molar-refractivity contribution in [1.82, 2.24) is 0 Å². The largest absolute Gasteiger partial charge is 0.235 e. The van der Waals surface area contributed by atoms with Gasteiger partial charge in [0.15, 0.2) is 0 Å². The third-order valence-corrected chi connectivity index (χ3v) is 4.12. The molecular formula is C12H20N2O2. The van der Waals surface area contributed by atoms with E-state index < -0.39 is 5.54 Å². The van der Waals surface area contributed by atoms with Crippen LogP contribution in [0.25, 0.3) is 0 Å². The average molecular weight is 224 g/mol. The molecule has 90 valence electrons. The molecule has 4 heteroatoms. The van der Waals surface area contributed by atoms with Crippen molar-refractivity contribution < 1.29 is 9.59 Å². The Labute approximate surface area is 96.9 Å². The maximum Gasteiger partial charge on any atom is 0.235 e. The Morgan fingerprint density at radius 1 is 1.12 bits per heavy atom. The minimum Gasteiger partial charge on any atom is -0.211 e. The van der Waals surface area contributed by atoms with Crippen molar-refractivity contribution in [3.63, 3.8) is 0 Å². The van der Waals surface area contributed by atoms with E-state index in [0.29, 0.717) is 0 Å². The summed E-state index contributed by atoms with van der Waals surface area (Å²) in [5, 5.41) is 0. The van der Waals surface area contributed by atoms with E-state index in [2.05, 4.69) is 9.98 Å². The quantitative estimate of drug-likeness (QED) is 0.514. The second kappa shape index (κ2) is 5.74. The van der Waals surface area contributed by atoms with Gasteiger partial charge in [0.25, 0.3) is 0 Å². The molecule has 0 bridgehead atoms. The van der Waals surface area contributed by atoms with Crippen LogP contribution in [0.3, 0.4) is 0 Å². The van der Waals surface area contributed by atoms with E-state index in [9.17, 15) is 9.59 Å². The summed E-state index contributed by atoms with van der Waals surface area (Å²) < 4.78 is 0. The predicted octanol–water partition coefficient (Wildman–Crippen LogP) is 2.63. The first-order valence-corrected chi connectivity index (χ1v) is 5.57. The van der Waals surface area contributed by atoms with Gasteiger partial charge < -0.3 is 0 Å². The number of rotatable bonds is 6. The summed E-state index contributed by atoms with van der Waals surface area (Å²) in [6.45, 7) is 9.75. The highest BCUT2D eigenvalue weighted by Crippen LogP contribution is 2.43. The lowest BCUT2D eigenvalue weighted by Crippen LogP contribution is -2.49. The van der Waals surface area contributed by atoms with Crippen molar-refractivity contribution in [1.29, 1.82) is 0 Å². The molecule has 0 rings (SSSR count). The summed E-state index contributed by atoms with van der Waals surface area (Å²) in [5.41, 5.74) is -0.903. The Hall–Kier alpha value is -1.24. The van der Waals surface area contributed by atoms with Crippen LogP contribution in [-0.4, -0.2) is 23.7 Å². The molecule has 0 heterocycles. The van der Waals surface area contributed by atoms with Gasteiger partial charge in [0.05, 0.1) is 11.6 Å². The third-order valence-electron chi connectivity index (χ3n) is 4.12. The maximum absolute atomic E-state index is 10.6. The highest BCUT2D eigenvalue weighted by molar-refractivity contribution is 5.38. The van der Waals surface area contributed by atoms with Crippen LogP contribution in [-0.2, 0) is 9.59 Å². The minimum atomic E-state index is -0.713. The molecule has 0 aromatic heterocycles. The SMILES string of the molecule is CCC(C)(CC)C(C)(N=C=O)C(C)N=C=O. The van der Waals surface area contributed by atoms with Gasteiger partial charge in [-0.05, 0) is 32.1 Å². The summed E-state index contributed by atoms with van der Waals surface area (Å²) in [6.07, 6.45) is 4.85. The number of carbonyl (C=O) groups excluding carboxylic acids is 2. The van der Waals surface area contributed by atoms with E-state index in [1.807, 2.05) is 27.7 Å². The monoisotopic (exact) mass is 224 g/mol. The number of aliphatic imine (C=N–C) groups is 2. The predicted molar refractivity (Wildman–Crippen MR) is 62.8 cm³/mol. The highest BCUT2D eigenvalue weighted by atomic mass is 16.1. The zero-order chi connectivity index (χ0) is 12.8. The Morgan fingerprint density at radius 2 is 1.62 bits per heavy atom. The third kappa shape index (κ3) is 2.46. The minimum absolute atomic E-state index is 0.190. The van der Waals surface area contributed by atoms with Crippen molar-refractivity contribution >= 4 is 12.2 Å². The molecule has 0 radical (unpaired) electrons. The van der Waals surface area contributed by atoms with Gasteiger partial charge in [-0.3, -0.25) is 0 Å². The van der Waals surface area contributed by atoms with E-state index in [1.165, 1.54) is 6.08 Å². The Morgan fingerprint density at radius 3 is 1.94 bits per heavy atom. The van der Waals surface area contributed by atoms with Gasteiger partial charge in [0.1, 0.15) is 0 Å². The summed E-state index contributed by atoms with van der Waals surface area (Å²) in [6, 6.07) is -0.378. The van der Waals surface area contributed by atoms with E-state index in [0.717, 1.165) is 12.8 Å². The van der Waals surface area contributed by atoms with Crippen LogP contribution in [0.5, 0.6) is 0 Å². The Balaban J connectivity index is 5.57. The first-order valence-electron chi connectivity index (χ1n) is 5.57. The van der Waals surface area contributed by atoms with Gasteiger partial charge in [-0.15, -0.1) is 0 Å². The molecule has 0 aliphatic carbocycles. The van der Waals surface area contributed by atoms with Crippen LogP contribution < -0.4 is 0 Å². The van der Waals surface area contributed by atoms with Gasteiger partial charge in [-0.1, -0.05) is 20.8 Å². The van der Waals surface area contributed by atoms with Crippen molar-refractivity contribution in [3.8, 4) is 0 Å². The van der Waals surface area contributed by atoms with Crippen molar-refractivity contribution in [3.05, 3.63) is 0 Å².